The highest BCUT2D eigenvalue weighted by atomic mass is 35.5. The molecule has 1 aromatic carbocycles. The molecule has 0 saturated carbocycles. The Hall–Kier alpha value is -2.15. The van der Waals surface area contributed by atoms with E-state index in [0.717, 1.165) is 16.1 Å². The summed E-state index contributed by atoms with van der Waals surface area (Å²) in [5.74, 6) is 0.408. The van der Waals surface area contributed by atoms with Gasteiger partial charge in [0, 0.05) is 29.8 Å². The lowest BCUT2D eigenvalue weighted by Gasteiger charge is -2.07. The Kier molecular flexibility index (Phi) is 6.08. The number of hydrogen-bond acceptors (Lipinski definition) is 5. The molecule has 0 aliphatic heterocycles. The third-order valence-electron chi connectivity index (χ3n) is 3.68. The summed E-state index contributed by atoms with van der Waals surface area (Å²) >= 11 is 13.7. The Balaban J connectivity index is 1.63. The SMILES string of the molecule is CNc1nccc(-c2ccc(C(=O)NCCc3c(Cl)cccc3Cl)s2)n1. The number of halogens is 2. The Bertz CT molecular complexity index is 909. The van der Waals surface area contributed by atoms with Crippen LogP contribution in [0.25, 0.3) is 10.6 Å². The molecule has 2 aromatic heterocycles. The van der Waals surface area contributed by atoms with Crippen LogP contribution >= 0.6 is 34.5 Å². The average molecular weight is 407 g/mol. The zero-order valence-electron chi connectivity index (χ0n) is 13.9. The van der Waals surface area contributed by atoms with E-state index in [1.807, 2.05) is 12.1 Å². The van der Waals surface area contributed by atoms with E-state index in [2.05, 4.69) is 20.6 Å². The van der Waals surface area contributed by atoms with Crippen LogP contribution in [0.2, 0.25) is 10.0 Å². The summed E-state index contributed by atoms with van der Waals surface area (Å²) in [4.78, 5) is 22.4. The van der Waals surface area contributed by atoms with E-state index in [9.17, 15) is 4.79 Å². The minimum absolute atomic E-state index is 0.132. The van der Waals surface area contributed by atoms with Gasteiger partial charge in [-0.25, -0.2) is 9.97 Å². The maximum Gasteiger partial charge on any atom is 0.261 e. The zero-order chi connectivity index (χ0) is 18.5. The van der Waals surface area contributed by atoms with Crippen molar-refractivity contribution in [3.8, 4) is 10.6 Å². The fourth-order valence-corrected chi connectivity index (χ4v) is 3.85. The number of nitrogens with one attached hydrogen (secondary N) is 2. The predicted octanol–water partition coefficient (Wildman–Crippen LogP) is 4.53. The van der Waals surface area contributed by atoms with Gasteiger partial charge >= 0.3 is 0 Å². The summed E-state index contributed by atoms with van der Waals surface area (Å²) in [7, 11) is 1.76. The van der Waals surface area contributed by atoms with Crippen LogP contribution in [0.1, 0.15) is 15.2 Å². The molecule has 0 spiro atoms. The first-order valence-electron chi connectivity index (χ1n) is 7.90. The number of aromatic nitrogens is 2. The third kappa shape index (κ3) is 4.33. The number of benzene rings is 1. The molecule has 2 N–H and O–H groups in total. The van der Waals surface area contributed by atoms with Crippen molar-refractivity contribution in [3.05, 3.63) is 63.1 Å². The average Bonchev–Trinajstić information content (AvgIpc) is 3.14. The van der Waals surface area contributed by atoms with Gasteiger partial charge in [0.2, 0.25) is 5.95 Å². The number of nitrogens with zero attached hydrogens (tertiary/aromatic N) is 2. The molecule has 1 amide bonds. The Morgan fingerprint density at radius 1 is 1.15 bits per heavy atom. The van der Waals surface area contributed by atoms with Gasteiger partial charge in [-0.15, -0.1) is 11.3 Å². The van der Waals surface area contributed by atoms with E-state index >= 15 is 0 Å². The summed E-state index contributed by atoms with van der Waals surface area (Å²) in [5.41, 5.74) is 1.61. The second-order valence-corrected chi connectivity index (χ2v) is 7.28. The first-order valence-corrected chi connectivity index (χ1v) is 9.48. The van der Waals surface area contributed by atoms with Crippen LogP contribution in [0.5, 0.6) is 0 Å². The van der Waals surface area contributed by atoms with Crippen LogP contribution < -0.4 is 10.6 Å². The van der Waals surface area contributed by atoms with Crippen molar-refractivity contribution >= 4 is 46.4 Å². The van der Waals surface area contributed by atoms with Gasteiger partial charge in [-0.05, 0) is 42.3 Å². The first kappa shape index (κ1) is 18.6. The maximum absolute atomic E-state index is 12.4. The van der Waals surface area contributed by atoms with E-state index < -0.39 is 0 Å². The Morgan fingerprint density at radius 3 is 2.65 bits per heavy atom. The molecule has 0 fully saturated rings. The van der Waals surface area contributed by atoms with E-state index in [4.69, 9.17) is 23.2 Å². The lowest BCUT2D eigenvalue weighted by molar-refractivity contribution is 0.0958. The smallest absolute Gasteiger partial charge is 0.261 e. The van der Waals surface area contributed by atoms with Gasteiger partial charge in [-0.3, -0.25) is 4.79 Å². The first-order chi connectivity index (χ1) is 12.6. The van der Waals surface area contributed by atoms with Gasteiger partial charge in [-0.1, -0.05) is 29.3 Å². The van der Waals surface area contributed by atoms with Crippen LogP contribution in [0.15, 0.2) is 42.6 Å². The summed E-state index contributed by atoms with van der Waals surface area (Å²) in [6, 6.07) is 10.9. The van der Waals surface area contributed by atoms with Gasteiger partial charge in [0.25, 0.3) is 5.91 Å². The lowest BCUT2D eigenvalue weighted by atomic mass is 10.1. The van der Waals surface area contributed by atoms with Crippen molar-refractivity contribution in [2.75, 3.05) is 18.9 Å². The molecule has 3 rings (SSSR count). The van der Waals surface area contributed by atoms with Crippen LogP contribution in [0.4, 0.5) is 5.95 Å². The highest BCUT2D eigenvalue weighted by Crippen LogP contribution is 2.27. The highest BCUT2D eigenvalue weighted by molar-refractivity contribution is 7.17. The molecule has 134 valence electrons. The minimum atomic E-state index is -0.132. The van der Waals surface area contributed by atoms with Gasteiger partial charge in [-0.2, -0.15) is 0 Å². The van der Waals surface area contributed by atoms with Gasteiger partial charge in [0.05, 0.1) is 15.4 Å². The molecule has 0 bridgehead atoms. The second kappa shape index (κ2) is 8.49. The highest BCUT2D eigenvalue weighted by Gasteiger charge is 2.12. The van der Waals surface area contributed by atoms with Crippen LogP contribution in [0, 0.1) is 0 Å². The van der Waals surface area contributed by atoms with Crippen molar-refractivity contribution in [1.29, 1.82) is 0 Å². The van der Waals surface area contributed by atoms with Crippen molar-refractivity contribution < 1.29 is 4.79 Å². The normalized spacial score (nSPS) is 10.6. The number of thiophene rings is 1. The van der Waals surface area contributed by atoms with Gasteiger partial charge in [0.1, 0.15) is 0 Å². The fourth-order valence-electron chi connectivity index (χ4n) is 2.37. The summed E-state index contributed by atoms with van der Waals surface area (Å²) in [5, 5.41) is 7.01. The third-order valence-corrected chi connectivity index (χ3v) is 5.50. The fraction of sp³-hybridized carbons (Fsp3) is 0.167. The number of hydrogen-bond donors (Lipinski definition) is 2. The van der Waals surface area contributed by atoms with Gasteiger partial charge in [0.15, 0.2) is 0 Å². The molecule has 0 atom stereocenters. The van der Waals surface area contributed by atoms with E-state index in [-0.39, 0.29) is 5.91 Å². The number of rotatable bonds is 6. The monoisotopic (exact) mass is 406 g/mol. The van der Waals surface area contributed by atoms with Crippen LogP contribution in [0.3, 0.4) is 0 Å². The van der Waals surface area contributed by atoms with E-state index in [1.165, 1.54) is 11.3 Å². The van der Waals surface area contributed by atoms with Crippen molar-refractivity contribution in [1.82, 2.24) is 15.3 Å². The van der Waals surface area contributed by atoms with Crippen molar-refractivity contribution in [3.63, 3.8) is 0 Å². The molecule has 0 aliphatic carbocycles. The molecule has 26 heavy (non-hydrogen) atoms. The number of amides is 1. The van der Waals surface area contributed by atoms with Crippen molar-refractivity contribution in [2.24, 2.45) is 0 Å². The molecule has 0 saturated heterocycles. The molecule has 2 heterocycles. The lowest BCUT2D eigenvalue weighted by Crippen LogP contribution is -2.25. The molecule has 8 heteroatoms. The van der Waals surface area contributed by atoms with Gasteiger partial charge < -0.3 is 10.6 Å². The zero-order valence-corrected chi connectivity index (χ0v) is 16.3. The summed E-state index contributed by atoms with van der Waals surface area (Å²) < 4.78 is 0. The number of anilines is 1. The topological polar surface area (TPSA) is 66.9 Å². The molecular formula is C18H16Cl2N4OS. The molecule has 3 aromatic rings. The van der Waals surface area contributed by atoms with Crippen LogP contribution in [-0.2, 0) is 6.42 Å². The number of carbonyl (C=O) groups excluding carboxylic acids is 1. The standard InChI is InChI=1S/C18H16Cl2N4OS/c1-21-18-23-10-8-14(24-18)15-5-6-16(26-15)17(25)22-9-7-11-12(19)3-2-4-13(11)20/h2-6,8,10H,7,9H2,1H3,(H,22,25)(H,21,23,24). The Labute approximate surface area is 165 Å². The maximum atomic E-state index is 12.4. The quantitative estimate of drug-likeness (QED) is 0.630. The van der Waals surface area contributed by atoms with Crippen molar-refractivity contribution in [2.45, 2.75) is 6.42 Å². The summed E-state index contributed by atoms with van der Waals surface area (Å²) in [6.45, 7) is 0.451. The minimum Gasteiger partial charge on any atom is -0.357 e. The predicted molar refractivity (Wildman–Crippen MR) is 107 cm³/mol. The largest absolute Gasteiger partial charge is 0.357 e. The molecule has 0 unspecified atom stereocenters. The molecule has 0 aliphatic rings. The van der Waals surface area contributed by atoms with E-state index in [1.54, 1.807) is 37.5 Å². The Morgan fingerprint density at radius 2 is 1.92 bits per heavy atom. The van der Waals surface area contributed by atoms with E-state index in [0.29, 0.717) is 33.8 Å². The van der Waals surface area contributed by atoms with Crippen LogP contribution in [-0.4, -0.2) is 29.5 Å². The molecule has 5 nitrogen and oxygen atoms in total. The molecule has 0 radical (unpaired) electrons. The summed E-state index contributed by atoms with van der Waals surface area (Å²) in [6.07, 6.45) is 2.25. The number of carbonyl (C=O) groups is 1. The molecular weight excluding hydrogens is 391 g/mol. The second-order valence-electron chi connectivity index (χ2n) is 5.39.